The molecule has 0 spiro atoms. The highest BCUT2D eigenvalue weighted by Crippen LogP contribution is 1.98. The average Bonchev–Trinajstić information content (AvgIpc) is 1.93. The van der Waals surface area contributed by atoms with Gasteiger partial charge in [-0.3, -0.25) is 4.90 Å². The molecule has 0 radical (unpaired) electrons. The zero-order valence-corrected chi connectivity index (χ0v) is 11.3. The van der Waals surface area contributed by atoms with E-state index in [-0.39, 0.29) is 37.2 Å². The molecule has 0 aromatic carbocycles. The number of hydrogen-bond donors (Lipinski definition) is 1. The van der Waals surface area contributed by atoms with Crippen molar-refractivity contribution in [3.05, 3.63) is 0 Å². The molecule has 90 valence electrons. The first-order valence-electron chi connectivity index (χ1n) is 4.35. The molecule has 1 fully saturated rings. The van der Waals surface area contributed by atoms with Crippen LogP contribution < -0.4 is 5.73 Å². The minimum Gasteiger partial charge on any atom is -0.327 e. The van der Waals surface area contributed by atoms with Crippen molar-refractivity contribution >= 4 is 37.2 Å². The third-order valence-electron chi connectivity index (χ3n) is 2.14. The summed E-state index contributed by atoms with van der Waals surface area (Å²) in [5, 5.41) is 0. The van der Waals surface area contributed by atoms with E-state index in [0.29, 0.717) is 6.04 Å². The summed E-state index contributed by atoms with van der Waals surface area (Å²) < 4.78 is 0. The number of halogens is 3. The molecule has 1 heterocycles. The fourth-order valence-electron chi connectivity index (χ4n) is 1.44. The van der Waals surface area contributed by atoms with Gasteiger partial charge in [-0.25, -0.2) is 0 Å². The molecule has 1 aliphatic heterocycles. The highest BCUT2D eigenvalue weighted by Gasteiger charge is 2.13. The van der Waals surface area contributed by atoms with E-state index in [0.717, 1.165) is 6.54 Å². The molecule has 0 bridgehead atoms. The maximum absolute atomic E-state index is 5.70. The first kappa shape index (κ1) is 20.2. The zero-order valence-electron chi connectivity index (χ0n) is 8.81. The van der Waals surface area contributed by atoms with Crippen molar-refractivity contribution in [1.82, 2.24) is 9.80 Å². The number of nitrogens with zero attached hydrogens (tertiary/aromatic N) is 2. The van der Waals surface area contributed by atoms with Gasteiger partial charge in [0.2, 0.25) is 0 Å². The second-order valence-electron chi connectivity index (χ2n) is 3.58. The molecule has 14 heavy (non-hydrogen) atoms. The zero-order chi connectivity index (χ0) is 8.27. The van der Waals surface area contributed by atoms with Crippen LogP contribution in [0.15, 0.2) is 0 Å². The lowest BCUT2D eigenvalue weighted by molar-refractivity contribution is 0.149. The van der Waals surface area contributed by atoms with E-state index in [1.807, 2.05) is 0 Å². The van der Waals surface area contributed by atoms with Gasteiger partial charge in [-0.15, -0.1) is 37.2 Å². The Morgan fingerprint density at radius 2 is 1.50 bits per heavy atom. The van der Waals surface area contributed by atoms with Crippen molar-refractivity contribution in [2.24, 2.45) is 5.73 Å². The van der Waals surface area contributed by atoms with Crippen LogP contribution in [0.25, 0.3) is 0 Å². The Morgan fingerprint density at radius 1 is 1.07 bits per heavy atom. The minimum atomic E-state index is 0. The summed E-state index contributed by atoms with van der Waals surface area (Å²) in [7, 11) is 2.17. The van der Waals surface area contributed by atoms with Gasteiger partial charge in [-0.05, 0) is 14.0 Å². The van der Waals surface area contributed by atoms with Gasteiger partial charge in [0, 0.05) is 38.8 Å². The molecule has 0 aliphatic carbocycles. The molecule has 1 atom stereocenters. The molecule has 1 rings (SSSR count). The lowest BCUT2D eigenvalue weighted by Gasteiger charge is -2.33. The maximum Gasteiger partial charge on any atom is 0.0139 e. The van der Waals surface area contributed by atoms with Crippen LogP contribution in [0.2, 0.25) is 0 Å². The summed E-state index contributed by atoms with van der Waals surface area (Å²) in [6.07, 6.45) is 0. The quantitative estimate of drug-likeness (QED) is 0.804. The third kappa shape index (κ3) is 8.09. The Bertz CT molecular complexity index is 116. The summed E-state index contributed by atoms with van der Waals surface area (Å²) >= 11 is 0. The Morgan fingerprint density at radius 3 is 1.86 bits per heavy atom. The Hall–Kier alpha value is 0.750. The van der Waals surface area contributed by atoms with Crippen LogP contribution in [-0.4, -0.2) is 55.6 Å². The van der Waals surface area contributed by atoms with Gasteiger partial charge in [0.1, 0.15) is 0 Å². The fourth-order valence-corrected chi connectivity index (χ4v) is 1.44. The van der Waals surface area contributed by atoms with Crippen LogP contribution in [0, 0.1) is 0 Å². The Kier molecular flexibility index (Phi) is 14.8. The standard InChI is InChI=1S/C8H19N3.3ClH/c1-8(9)7-11-5-3-10(2)4-6-11;;;/h8H,3-7,9H2,1-2H3;3*1H/t8-;;;/m0.../s1. The van der Waals surface area contributed by atoms with Crippen molar-refractivity contribution in [3.63, 3.8) is 0 Å². The van der Waals surface area contributed by atoms with E-state index in [2.05, 4.69) is 23.8 Å². The Balaban J connectivity index is -0.000000403. The lowest BCUT2D eigenvalue weighted by atomic mass is 10.3. The van der Waals surface area contributed by atoms with Crippen LogP contribution in [0.3, 0.4) is 0 Å². The van der Waals surface area contributed by atoms with Crippen molar-refractivity contribution in [1.29, 1.82) is 0 Å². The van der Waals surface area contributed by atoms with Crippen LogP contribution in [0.5, 0.6) is 0 Å². The molecular formula is C8H22Cl3N3. The number of likely N-dealkylation sites (N-methyl/N-ethyl adjacent to an activating group) is 1. The van der Waals surface area contributed by atoms with Crippen LogP contribution in [-0.2, 0) is 0 Å². The highest BCUT2D eigenvalue weighted by atomic mass is 35.5. The maximum atomic E-state index is 5.70. The first-order valence-corrected chi connectivity index (χ1v) is 4.35. The van der Waals surface area contributed by atoms with Crippen LogP contribution >= 0.6 is 37.2 Å². The van der Waals surface area contributed by atoms with Gasteiger partial charge in [0.05, 0.1) is 0 Å². The van der Waals surface area contributed by atoms with Crippen LogP contribution in [0.4, 0.5) is 0 Å². The third-order valence-corrected chi connectivity index (χ3v) is 2.14. The molecule has 3 nitrogen and oxygen atoms in total. The SMILES string of the molecule is C[C@H](N)CN1CCN(C)CC1.Cl.Cl.Cl. The summed E-state index contributed by atoms with van der Waals surface area (Å²) in [5.41, 5.74) is 5.70. The number of hydrogen-bond acceptors (Lipinski definition) is 3. The van der Waals surface area contributed by atoms with Gasteiger partial charge in [-0.2, -0.15) is 0 Å². The molecular weight excluding hydrogens is 244 g/mol. The monoisotopic (exact) mass is 265 g/mol. The molecule has 0 aromatic heterocycles. The average molecular weight is 267 g/mol. The van der Waals surface area contributed by atoms with E-state index in [1.165, 1.54) is 26.2 Å². The normalized spacial score (nSPS) is 19.9. The van der Waals surface area contributed by atoms with Gasteiger partial charge >= 0.3 is 0 Å². The molecule has 1 aliphatic rings. The second kappa shape index (κ2) is 10.3. The predicted octanol–water partition coefficient (Wildman–Crippen LogP) is 0.846. The van der Waals surface area contributed by atoms with E-state index in [4.69, 9.17) is 5.73 Å². The highest BCUT2D eigenvalue weighted by molar-refractivity contribution is 5.86. The molecule has 6 heteroatoms. The van der Waals surface area contributed by atoms with Crippen LogP contribution in [0.1, 0.15) is 6.92 Å². The topological polar surface area (TPSA) is 32.5 Å². The molecule has 0 aromatic rings. The summed E-state index contributed by atoms with van der Waals surface area (Å²) in [6, 6.07) is 0.318. The minimum absolute atomic E-state index is 0. The Labute approximate surface area is 106 Å². The number of piperazine rings is 1. The predicted molar refractivity (Wildman–Crippen MR) is 69.3 cm³/mol. The molecule has 2 N–H and O–H groups in total. The molecule has 0 unspecified atom stereocenters. The largest absolute Gasteiger partial charge is 0.327 e. The fraction of sp³-hybridized carbons (Fsp3) is 1.00. The van der Waals surface area contributed by atoms with Gasteiger partial charge < -0.3 is 10.6 Å². The van der Waals surface area contributed by atoms with E-state index >= 15 is 0 Å². The van der Waals surface area contributed by atoms with Gasteiger partial charge in [0.15, 0.2) is 0 Å². The lowest BCUT2D eigenvalue weighted by Crippen LogP contribution is -2.47. The summed E-state index contributed by atoms with van der Waals surface area (Å²) in [4.78, 5) is 4.79. The molecule has 0 amide bonds. The summed E-state index contributed by atoms with van der Waals surface area (Å²) in [6.45, 7) is 7.85. The molecule has 0 saturated carbocycles. The van der Waals surface area contributed by atoms with E-state index < -0.39 is 0 Å². The van der Waals surface area contributed by atoms with Crippen molar-refractivity contribution in [3.8, 4) is 0 Å². The van der Waals surface area contributed by atoms with Crippen molar-refractivity contribution < 1.29 is 0 Å². The van der Waals surface area contributed by atoms with Crippen molar-refractivity contribution in [2.45, 2.75) is 13.0 Å². The number of rotatable bonds is 2. The number of nitrogens with two attached hydrogens (primary N) is 1. The molecule has 1 saturated heterocycles. The van der Waals surface area contributed by atoms with Gasteiger partial charge in [-0.1, -0.05) is 0 Å². The summed E-state index contributed by atoms with van der Waals surface area (Å²) in [5.74, 6) is 0. The van der Waals surface area contributed by atoms with E-state index in [9.17, 15) is 0 Å². The van der Waals surface area contributed by atoms with Gasteiger partial charge in [0.25, 0.3) is 0 Å². The smallest absolute Gasteiger partial charge is 0.0139 e. The van der Waals surface area contributed by atoms with Crippen molar-refractivity contribution in [2.75, 3.05) is 39.8 Å². The first-order chi connectivity index (χ1) is 5.18. The van der Waals surface area contributed by atoms with E-state index in [1.54, 1.807) is 0 Å². The second-order valence-corrected chi connectivity index (χ2v) is 3.58.